The highest BCUT2D eigenvalue weighted by molar-refractivity contribution is 7.86. The van der Waals surface area contributed by atoms with E-state index in [0.717, 1.165) is 12.0 Å². The second kappa shape index (κ2) is 6.09. The van der Waals surface area contributed by atoms with E-state index >= 15 is 0 Å². The summed E-state index contributed by atoms with van der Waals surface area (Å²) in [7, 11) is -3.82. The van der Waals surface area contributed by atoms with Crippen molar-refractivity contribution in [1.29, 1.82) is 0 Å². The quantitative estimate of drug-likeness (QED) is 0.610. The molecule has 2 aliphatic carbocycles. The maximum atomic E-state index is 12.4. The summed E-state index contributed by atoms with van der Waals surface area (Å²) < 4.78 is 35.3. The topological polar surface area (TPSA) is 69.7 Å². The molecule has 23 heavy (non-hydrogen) atoms. The molecule has 124 valence electrons. The predicted molar refractivity (Wildman–Crippen MR) is 84.2 cm³/mol. The van der Waals surface area contributed by atoms with Gasteiger partial charge in [-0.3, -0.25) is 4.18 Å². The first-order valence-corrected chi connectivity index (χ1v) is 9.19. The third-order valence-corrected chi connectivity index (χ3v) is 5.65. The molecule has 0 radical (unpaired) electrons. The summed E-state index contributed by atoms with van der Waals surface area (Å²) >= 11 is 0. The first-order valence-electron chi connectivity index (χ1n) is 7.78. The van der Waals surface area contributed by atoms with Crippen LogP contribution >= 0.6 is 0 Å². The molecule has 0 amide bonds. The SMILES string of the molecule is CCOC(=O)C1=C[C@@H]2C[C@@H]2[C@H](OS(=O)(=O)c2ccc(C)cc2)C1. The summed E-state index contributed by atoms with van der Waals surface area (Å²) in [5.74, 6) is 0.0222. The maximum absolute atomic E-state index is 12.4. The van der Waals surface area contributed by atoms with E-state index < -0.39 is 16.2 Å². The van der Waals surface area contributed by atoms with E-state index in [9.17, 15) is 13.2 Å². The highest BCUT2D eigenvalue weighted by Gasteiger charge is 2.48. The molecule has 0 bridgehead atoms. The van der Waals surface area contributed by atoms with Crippen LogP contribution in [-0.2, 0) is 23.8 Å². The molecule has 1 aromatic carbocycles. The lowest BCUT2D eigenvalue weighted by atomic mass is 9.97. The second-order valence-corrected chi connectivity index (χ2v) is 7.65. The zero-order chi connectivity index (χ0) is 16.6. The fourth-order valence-corrected chi connectivity index (χ4v) is 4.07. The van der Waals surface area contributed by atoms with Gasteiger partial charge < -0.3 is 4.74 Å². The van der Waals surface area contributed by atoms with Crippen molar-refractivity contribution in [3.05, 3.63) is 41.5 Å². The lowest BCUT2D eigenvalue weighted by Gasteiger charge is -2.21. The van der Waals surface area contributed by atoms with Gasteiger partial charge >= 0.3 is 5.97 Å². The van der Waals surface area contributed by atoms with Crippen LogP contribution in [0, 0.1) is 18.8 Å². The van der Waals surface area contributed by atoms with Gasteiger partial charge in [0, 0.05) is 12.0 Å². The average Bonchev–Trinajstić information content (AvgIpc) is 3.27. The van der Waals surface area contributed by atoms with Crippen LogP contribution in [0.2, 0.25) is 0 Å². The molecule has 3 atom stereocenters. The van der Waals surface area contributed by atoms with E-state index in [2.05, 4.69) is 0 Å². The van der Waals surface area contributed by atoms with Gasteiger partial charge in [-0.2, -0.15) is 8.42 Å². The number of benzene rings is 1. The number of hydrogen-bond acceptors (Lipinski definition) is 5. The highest BCUT2D eigenvalue weighted by Crippen LogP contribution is 2.50. The Morgan fingerprint density at radius 2 is 1.96 bits per heavy atom. The zero-order valence-corrected chi connectivity index (χ0v) is 14.0. The molecule has 1 aromatic rings. The molecule has 1 saturated carbocycles. The summed E-state index contributed by atoms with van der Waals surface area (Å²) in [6.07, 6.45) is 2.55. The van der Waals surface area contributed by atoms with Gasteiger partial charge in [0.05, 0.1) is 17.6 Å². The van der Waals surface area contributed by atoms with Crippen molar-refractivity contribution in [3.63, 3.8) is 0 Å². The lowest BCUT2D eigenvalue weighted by Crippen LogP contribution is -2.26. The summed E-state index contributed by atoms with van der Waals surface area (Å²) in [6, 6.07) is 6.56. The molecule has 0 heterocycles. The second-order valence-electron chi connectivity index (χ2n) is 6.08. The van der Waals surface area contributed by atoms with E-state index in [0.29, 0.717) is 12.2 Å². The molecule has 6 heteroatoms. The number of hydrogen-bond donors (Lipinski definition) is 0. The number of ether oxygens (including phenoxy) is 1. The van der Waals surface area contributed by atoms with E-state index in [1.807, 2.05) is 13.0 Å². The zero-order valence-electron chi connectivity index (χ0n) is 13.2. The van der Waals surface area contributed by atoms with E-state index in [1.54, 1.807) is 31.2 Å². The molecule has 0 aromatic heterocycles. The standard InChI is InChI=1S/C17H20O5S/c1-3-21-17(18)13-8-12-9-15(12)16(10-13)22-23(19,20)14-6-4-11(2)5-7-14/h4-8,12,15-16H,3,9-10H2,1-2H3/t12-,15+,16-/m1/s1. The van der Waals surface area contributed by atoms with Gasteiger partial charge in [-0.05, 0) is 44.2 Å². The van der Waals surface area contributed by atoms with Gasteiger partial charge in [-0.15, -0.1) is 0 Å². The minimum Gasteiger partial charge on any atom is -0.463 e. The molecule has 0 unspecified atom stereocenters. The summed E-state index contributed by atoms with van der Waals surface area (Å²) in [6.45, 7) is 3.94. The van der Waals surface area contributed by atoms with Crippen molar-refractivity contribution >= 4 is 16.1 Å². The first kappa shape index (κ1) is 16.2. The van der Waals surface area contributed by atoms with Crippen LogP contribution in [0.1, 0.15) is 25.3 Å². The van der Waals surface area contributed by atoms with Gasteiger partial charge in [0.1, 0.15) is 0 Å². The van der Waals surface area contributed by atoms with Crippen LogP contribution in [0.5, 0.6) is 0 Å². The lowest BCUT2D eigenvalue weighted by molar-refractivity contribution is -0.139. The van der Waals surface area contributed by atoms with Crippen LogP contribution < -0.4 is 0 Å². The van der Waals surface area contributed by atoms with Crippen molar-refractivity contribution in [2.45, 2.75) is 37.7 Å². The number of esters is 1. The Labute approximate surface area is 136 Å². The molecular formula is C17H20O5S. The number of carbonyl (C=O) groups is 1. The van der Waals surface area contributed by atoms with Gasteiger partial charge in [-0.1, -0.05) is 23.8 Å². The van der Waals surface area contributed by atoms with Crippen LogP contribution in [0.3, 0.4) is 0 Å². The average molecular weight is 336 g/mol. The molecule has 0 aliphatic heterocycles. The van der Waals surface area contributed by atoms with Crippen molar-refractivity contribution in [1.82, 2.24) is 0 Å². The van der Waals surface area contributed by atoms with Crippen LogP contribution in [-0.4, -0.2) is 27.1 Å². The summed E-state index contributed by atoms with van der Waals surface area (Å²) in [5, 5.41) is 0. The highest BCUT2D eigenvalue weighted by atomic mass is 32.2. The first-order chi connectivity index (χ1) is 10.9. The third kappa shape index (κ3) is 3.48. The molecule has 2 aliphatic rings. The molecular weight excluding hydrogens is 316 g/mol. The fourth-order valence-electron chi connectivity index (χ4n) is 2.95. The predicted octanol–water partition coefficient (Wildman–Crippen LogP) is 2.60. The fraction of sp³-hybridized carbons (Fsp3) is 0.471. The number of allylic oxidation sites excluding steroid dienone is 1. The summed E-state index contributed by atoms with van der Waals surface area (Å²) in [4.78, 5) is 12.0. The smallest absolute Gasteiger partial charge is 0.333 e. The minimum atomic E-state index is -3.82. The maximum Gasteiger partial charge on any atom is 0.333 e. The van der Waals surface area contributed by atoms with Gasteiger partial charge in [0.25, 0.3) is 10.1 Å². The Bertz CT molecular complexity index is 733. The molecule has 0 spiro atoms. The Balaban J connectivity index is 1.74. The molecule has 0 N–H and O–H groups in total. The van der Waals surface area contributed by atoms with Crippen molar-refractivity contribution in [3.8, 4) is 0 Å². The number of rotatable bonds is 5. The number of carbonyl (C=O) groups excluding carboxylic acids is 1. The Morgan fingerprint density at radius 1 is 1.26 bits per heavy atom. The van der Waals surface area contributed by atoms with Crippen molar-refractivity contribution in [2.24, 2.45) is 11.8 Å². The van der Waals surface area contributed by atoms with E-state index in [4.69, 9.17) is 8.92 Å². The van der Waals surface area contributed by atoms with Gasteiger partial charge in [0.15, 0.2) is 0 Å². The molecule has 0 saturated heterocycles. The Kier molecular flexibility index (Phi) is 4.29. The van der Waals surface area contributed by atoms with Gasteiger partial charge in [0.2, 0.25) is 0 Å². The third-order valence-electron chi connectivity index (χ3n) is 4.30. The summed E-state index contributed by atoms with van der Waals surface area (Å²) in [5.41, 5.74) is 1.51. The van der Waals surface area contributed by atoms with E-state index in [1.165, 1.54) is 0 Å². The van der Waals surface area contributed by atoms with Crippen LogP contribution in [0.4, 0.5) is 0 Å². The molecule has 1 fully saturated rings. The van der Waals surface area contributed by atoms with Crippen molar-refractivity contribution < 1.29 is 22.1 Å². The molecule has 3 rings (SSSR count). The molecule has 5 nitrogen and oxygen atoms in total. The van der Waals surface area contributed by atoms with Crippen LogP contribution in [0.25, 0.3) is 0 Å². The van der Waals surface area contributed by atoms with Gasteiger partial charge in [-0.25, -0.2) is 4.79 Å². The largest absolute Gasteiger partial charge is 0.463 e. The number of fused-ring (bicyclic) bond motifs is 1. The minimum absolute atomic E-state index is 0.146. The Hall–Kier alpha value is -1.66. The Morgan fingerprint density at radius 3 is 2.61 bits per heavy atom. The monoisotopic (exact) mass is 336 g/mol. The van der Waals surface area contributed by atoms with Crippen molar-refractivity contribution in [2.75, 3.05) is 6.61 Å². The number of aryl methyl sites for hydroxylation is 1. The van der Waals surface area contributed by atoms with E-state index in [-0.39, 0.29) is 29.1 Å². The van der Waals surface area contributed by atoms with Crippen LogP contribution in [0.15, 0.2) is 40.8 Å². The normalized spacial score (nSPS) is 26.2.